The highest BCUT2D eigenvalue weighted by atomic mass is 16.1. The Bertz CT molecular complexity index is 413. The molecule has 106 valence electrons. The summed E-state index contributed by atoms with van der Waals surface area (Å²) >= 11 is 0. The number of hydrogen-bond acceptors (Lipinski definition) is 3. The van der Waals surface area contributed by atoms with Gasteiger partial charge < -0.3 is 9.69 Å². The molecule has 0 radical (unpaired) electrons. The van der Waals surface area contributed by atoms with E-state index < -0.39 is 0 Å². The van der Waals surface area contributed by atoms with Crippen molar-refractivity contribution >= 4 is 5.78 Å². The van der Waals surface area contributed by atoms with E-state index in [1.807, 2.05) is 6.20 Å². The van der Waals surface area contributed by atoms with Crippen molar-refractivity contribution in [3.05, 3.63) is 18.0 Å². The summed E-state index contributed by atoms with van der Waals surface area (Å²) in [4.78, 5) is 13.5. The van der Waals surface area contributed by atoms with E-state index in [9.17, 15) is 4.79 Å². The second-order valence-electron chi connectivity index (χ2n) is 5.85. The Morgan fingerprint density at radius 1 is 1.53 bits per heavy atom. The minimum Gasteiger partial charge on any atom is -0.303 e. The van der Waals surface area contributed by atoms with Crippen molar-refractivity contribution in [1.29, 1.82) is 0 Å². The van der Waals surface area contributed by atoms with Gasteiger partial charge in [-0.25, -0.2) is 0 Å². The van der Waals surface area contributed by atoms with Crippen molar-refractivity contribution in [1.82, 2.24) is 14.7 Å². The minimum atomic E-state index is 0.306. The van der Waals surface area contributed by atoms with Gasteiger partial charge in [0.15, 0.2) is 0 Å². The molecule has 4 heteroatoms. The number of aryl methyl sites for hydroxylation is 1. The summed E-state index contributed by atoms with van der Waals surface area (Å²) in [5.74, 6) is 1.01. The second kappa shape index (κ2) is 6.85. The van der Waals surface area contributed by atoms with Gasteiger partial charge in [0.05, 0.1) is 6.20 Å². The van der Waals surface area contributed by atoms with Crippen LogP contribution >= 0.6 is 0 Å². The van der Waals surface area contributed by atoms with Crippen LogP contribution in [0.25, 0.3) is 0 Å². The molecule has 1 aliphatic rings. The van der Waals surface area contributed by atoms with Crippen LogP contribution in [0, 0.1) is 12.8 Å². The Balaban J connectivity index is 1.75. The topological polar surface area (TPSA) is 38.1 Å². The van der Waals surface area contributed by atoms with Gasteiger partial charge in [0.2, 0.25) is 0 Å². The lowest BCUT2D eigenvalue weighted by atomic mass is 9.98. The van der Waals surface area contributed by atoms with Crippen LogP contribution in [0.5, 0.6) is 0 Å². The van der Waals surface area contributed by atoms with Crippen molar-refractivity contribution in [2.75, 3.05) is 19.6 Å². The molecule has 1 aromatic rings. The average Bonchev–Trinajstić information content (AvgIpc) is 2.75. The largest absolute Gasteiger partial charge is 0.303 e. The SMILES string of the molecule is CC(=O)CCCN1CCC[C@@H](Cn2cc(C)cn2)C1. The quantitative estimate of drug-likeness (QED) is 0.790. The first-order chi connectivity index (χ1) is 9.13. The van der Waals surface area contributed by atoms with E-state index in [4.69, 9.17) is 0 Å². The number of carbonyl (C=O) groups is 1. The second-order valence-corrected chi connectivity index (χ2v) is 5.85. The van der Waals surface area contributed by atoms with Crippen LogP contribution in [-0.2, 0) is 11.3 Å². The number of piperidine rings is 1. The smallest absolute Gasteiger partial charge is 0.129 e. The number of carbonyl (C=O) groups excluding carboxylic acids is 1. The molecule has 0 amide bonds. The van der Waals surface area contributed by atoms with E-state index in [0.717, 1.165) is 32.5 Å². The third kappa shape index (κ3) is 4.78. The molecule has 0 aliphatic carbocycles. The molecule has 0 spiro atoms. The molecule has 19 heavy (non-hydrogen) atoms. The van der Waals surface area contributed by atoms with Crippen LogP contribution in [0.3, 0.4) is 0 Å². The van der Waals surface area contributed by atoms with Gasteiger partial charge >= 0.3 is 0 Å². The molecule has 1 aliphatic heterocycles. The number of nitrogens with zero attached hydrogens (tertiary/aromatic N) is 3. The van der Waals surface area contributed by atoms with Gasteiger partial charge in [-0.15, -0.1) is 0 Å². The fourth-order valence-electron chi connectivity index (χ4n) is 2.89. The summed E-state index contributed by atoms with van der Waals surface area (Å²) in [7, 11) is 0. The average molecular weight is 263 g/mol. The summed E-state index contributed by atoms with van der Waals surface area (Å²) in [5, 5.41) is 4.37. The van der Waals surface area contributed by atoms with E-state index in [1.54, 1.807) is 6.92 Å². The molecule has 2 rings (SSSR count). The number of aromatic nitrogens is 2. The lowest BCUT2D eigenvalue weighted by Gasteiger charge is -2.32. The van der Waals surface area contributed by atoms with Crippen molar-refractivity contribution in [3.63, 3.8) is 0 Å². The van der Waals surface area contributed by atoms with Gasteiger partial charge in [-0.1, -0.05) is 0 Å². The maximum atomic E-state index is 11.0. The summed E-state index contributed by atoms with van der Waals surface area (Å²) in [6.45, 7) is 8.19. The predicted molar refractivity (Wildman–Crippen MR) is 76.0 cm³/mol. The Morgan fingerprint density at radius 2 is 2.37 bits per heavy atom. The summed E-state index contributed by atoms with van der Waals surface area (Å²) < 4.78 is 2.07. The number of hydrogen-bond donors (Lipinski definition) is 0. The summed E-state index contributed by atoms with van der Waals surface area (Å²) in [5.41, 5.74) is 1.23. The van der Waals surface area contributed by atoms with Crippen LogP contribution in [0.1, 0.15) is 38.2 Å². The first-order valence-corrected chi connectivity index (χ1v) is 7.34. The molecule has 0 aromatic carbocycles. The van der Waals surface area contributed by atoms with Gasteiger partial charge in [0, 0.05) is 25.7 Å². The normalized spacial score (nSPS) is 20.6. The number of ketones is 1. The fourth-order valence-corrected chi connectivity index (χ4v) is 2.89. The molecular weight excluding hydrogens is 238 g/mol. The molecule has 1 saturated heterocycles. The molecule has 1 fully saturated rings. The number of likely N-dealkylation sites (tertiary alicyclic amines) is 1. The van der Waals surface area contributed by atoms with Gasteiger partial charge in [-0.05, 0) is 57.7 Å². The van der Waals surface area contributed by atoms with Gasteiger partial charge in [-0.3, -0.25) is 4.68 Å². The maximum absolute atomic E-state index is 11.0. The van der Waals surface area contributed by atoms with Crippen molar-refractivity contribution < 1.29 is 4.79 Å². The van der Waals surface area contributed by atoms with E-state index in [0.29, 0.717) is 11.7 Å². The third-order valence-corrected chi connectivity index (χ3v) is 3.81. The van der Waals surface area contributed by atoms with Crippen LogP contribution in [-0.4, -0.2) is 40.1 Å². The Kier molecular flexibility index (Phi) is 5.14. The lowest BCUT2D eigenvalue weighted by Crippen LogP contribution is -2.37. The van der Waals surface area contributed by atoms with Gasteiger partial charge in [-0.2, -0.15) is 5.10 Å². The molecule has 0 saturated carbocycles. The zero-order valence-corrected chi connectivity index (χ0v) is 12.1. The number of rotatable bonds is 6. The van der Waals surface area contributed by atoms with E-state index in [-0.39, 0.29) is 0 Å². The molecule has 1 aromatic heterocycles. The first-order valence-electron chi connectivity index (χ1n) is 7.34. The maximum Gasteiger partial charge on any atom is 0.129 e. The molecule has 1 atom stereocenters. The minimum absolute atomic E-state index is 0.306. The van der Waals surface area contributed by atoms with Crippen LogP contribution in [0.15, 0.2) is 12.4 Å². The standard InChI is InChI=1S/C15H25N3O/c1-13-9-16-18(10-13)12-15-6-4-8-17(11-15)7-3-5-14(2)19/h9-10,15H,3-8,11-12H2,1-2H3/t15-/m1/s1. The fraction of sp³-hybridized carbons (Fsp3) is 0.733. The van der Waals surface area contributed by atoms with E-state index in [2.05, 4.69) is 27.8 Å². The molecule has 0 N–H and O–H groups in total. The Morgan fingerprint density at radius 3 is 3.05 bits per heavy atom. The molecular formula is C15H25N3O. The van der Waals surface area contributed by atoms with Crippen LogP contribution in [0.4, 0.5) is 0 Å². The molecule has 0 bridgehead atoms. The van der Waals surface area contributed by atoms with Gasteiger partial charge in [0.1, 0.15) is 5.78 Å². The zero-order chi connectivity index (χ0) is 13.7. The van der Waals surface area contributed by atoms with Crippen molar-refractivity contribution in [2.24, 2.45) is 5.92 Å². The van der Waals surface area contributed by atoms with Crippen molar-refractivity contribution in [2.45, 2.75) is 46.1 Å². The van der Waals surface area contributed by atoms with E-state index >= 15 is 0 Å². The summed E-state index contributed by atoms with van der Waals surface area (Å²) in [6, 6.07) is 0. The summed E-state index contributed by atoms with van der Waals surface area (Å²) in [6.07, 6.45) is 8.33. The highest BCUT2D eigenvalue weighted by Crippen LogP contribution is 2.18. The highest BCUT2D eigenvalue weighted by molar-refractivity contribution is 5.75. The predicted octanol–water partition coefficient (Wildman–Crippen LogP) is 2.27. The lowest BCUT2D eigenvalue weighted by molar-refractivity contribution is -0.117. The van der Waals surface area contributed by atoms with Crippen LogP contribution < -0.4 is 0 Å². The molecule has 4 nitrogen and oxygen atoms in total. The molecule has 2 heterocycles. The monoisotopic (exact) mass is 263 g/mol. The Hall–Kier alpha value is -1.16. The number of Topliss-reactive ketones (excluding diaryl/α,β-unsaturated/α-hetero) is 1. The third-order valence-electron chi connectivity index (χ3n) is 3.81. The molecule has 0 unspecified atom stereocenters. The Labute approximate surface area is 115 Å². The van der Waals surface area contributed by atoms with Crippen molar-refractivity contribution in [3.8, 4) is 0 Å². The van der Waals surface area contributed by atoms with Crippen LogP contribution in [0.2, 0.25) is 0 Å². The zero-order valence-electron chi connectivity index (χ0n) is 12.1. The first kappa shape index (κ1) is 14.3. The van der Waals surface area contributed by atoms with Gasteiger partial charge in [0.25, 0.3) is 0 Å². The van der Waals surface area contributed by atoms with E-state index in [1.165, 1.54) is 24.9 Å². The highest BCUT2D eigenvalue weighted by Gasteiger charge is 2.20.